The molecule has 0 unspecified atom stereocenters. The van der Waals surface area contributed by atoms with Gasteiger partial charge in [0.25, 0.3) is 5.91 Å². The Balaban J connectivity index is 1.62. The van der Waals surface area contributed by atoms with E-state index in [9.17, 15) is 18.0 Å². The lowest BCUT2D eigenvalue weighted by atomic mass is 10.1. The predicted octanol–water partition coefficient (Wildman–Crippen LogP) is 2.20. The van der Waals surface area contributed by atoms with Crippen LogP contribution >= 0.6 is 0 Å². The van der Waals surface area contributed by atoms with Crippen molar-refractivity contribution in [3.63, 3.8) is 0 Å². The number of nitrogens with zero attached hydrogens (tertiary/aromatic N) is 1. The monoisotopic (exact) mass is 409 g/mol. The van der Waals surface area contributed by atoms with E-state index < -0.39 is 15.8 Å². The number of amides is 1. The summed E-state index contributed by atoms with van der Waals surface area (Å²) in [5.74, 6) is -0.123. The van der Waals surface area contributed by atoms with Gasteiger partial charge in [0.1, 0.15) is 5.75 Å². The average molecular weight is 410 g/mol. The second kappa shape index (κ2) is 8.94. The van der Waals surface area contributed by atoms with Crippen molar-refractivity contribution in [2.45, 2.75) is 51.1 Å². The van der Waals surface area contributed by atoms with Crippen LogP contribution in [0.5, 0.6) is 5.75 Å². The summed E-state index contributed by atoms with van der Waals surface area (Å²) < 4.78 is 34.3. The third-order valence-electron chi connectivity index (χ3n) is 5.34. The molecule has 1 aromatic rings. The van der Waals surface area contributed by atoms with Crippen LogP contribution in [0.2, 0.25) is 0 Å². The highest BCUT2D eigenvalue weighted by atomic mass is 32.2. The van der Waals surface area contributed by atoms with E-state index in [1.165, 1.54) is 0 Å². The molecule has 7 nitrogen and oxygen atoms in total. The Labute approximate surface area is 165 Å². The van der Waals surface area contributed by atoms with Crippen LogP contribution in [0, 0.1) is 0 Å². The molecule has 1 aliphatic carbocycles. The highest BCUT2D eigenvalue weighted by Gasteiger charge is 2.39. The summed E-state index contributed by atoms with van der Waals surface area (Å²) in [5.41, 5.74) is 0.340. The molecule has 0 N–H and O–H groups in total. The maximum atomic E-state index is 12.8. The summed E-state index contributed by atoms with van der Waals surface area (Å²) >= 11 is 0. The summed E-state index contributed by atoms with van der Waals surface area (Å²) in [4.78, 5) is 26.8. The Morgan fingerprint density at radius 1 is 1.07 bits per heavy atom. The molecule has 1 aliphatic heterocycles. The molecule has 0 spiro atoms. The van der Waals surface area contributed by atoms with Crippen molar-refractivity contribution in [3.05, 3.63) is 29.8 Å². The SMILES string of the molecule is CCOc1ccc(C(=O)OCC(=O)N(C2CCCC2)[C@H]2CCS(=O)(=O)C2)cc1. The van der Waals surface area contributed by atoms with Crippen LogP contribution in [0.3, 0.4) is 0 Å². The third kappa shape index (κ3) is 5.04. The van der Waals surface area contributed by atoms with Gasteiger partial charge < -0.3 is 14.4 Å². The molecular formula is C20H27NO6S. The number of hydrogen-bond acceptors (Lipinski definition) is 6. The Kier molecular flexibility index (Phi) is 6.59. The fourth-order valence-corrected chi connectivity index (χ4v) is 5.73. The lowest BCUT2D eigenvalue weighted by Gasteiger charge is -2.33. The van der Waals surface area contributed by atoms with Crippen LogP contribution in [0.25, 0.3) is 0 Å². The van der Waals surface area contributed by atoms with Crippen LogP contribution in [-0.2, 0) is 19.4 Å². The first-order chi connectivity index (χ1) is 13.4. The number of esters is 1. The van der Waals surface area contributed by atoms with Crippen molar-refractivity contribution in [1.82, 2.24) is 4.90 Å². The second-order valence-corrected chi connectivity index (χ2v) is 9.56. The summed E-state index contributed by atoms with van der Waals surface area (Å²) in [5, 5.41) is 0. The Morgan fingerprint density at radius 3 is 2.32 bits per heavy atom. The van der Waals surface area contributed by atoms with Gasteiger partial charge in [-0.15, -0.1) is 0 Å². The lowest BCUT2D eigenvalue weighted by Crippen LogP contribution is -2.48. The molecule has 0 bridgehead atoms. The van der Waals surface area contributed by atoms with Crippen LogP contribution in [0.1, 0.15) is 49.4 Å². The first kappa shape index (κ1) is 20.6. The van der Waals surface area contributed by atoms with Crippen molar-refractivity contribution in [3.8, 4) is 5.75 Å². The van der Waals surface area contributed by atoms with Crippen molar-refractivity contribution in [2.75, 3.05) is 24.7 Å². The number of benzene rings is 1. The van der Waals surface area contributed by atoms with Gasteiger partial charge in [0.15, 0.2) is 16.4 Å². The fourth-order valence-electron chi connectivity index (χ4n) is 4.02. The van der Waals surface area contributed by atoms with Gasteiger partial charge in [-0.2, -0.15) is 0 Å². The summed E-state index contributed by atoms with van der Waals surface area (Å²) in [6, 6.07) is 6.26. The number of sulfone groups is 1. The molecule has 3 rings (SSSR count). The van der Waals surface area contributed by atoms with Gasteiger partial charge in [-0.1, -0.05) is 12.8 Å². The van der Waals surface area contributed by atoms with E-state index in [1.54, 1.807) is 29.2 Å². The van der Waals surface area contributed by atoms with E-state index in [1.807, 2.05) is 6.92 Å². The van der Waals surface area contributed by atoms with Crippen LogP contribution in [0.4, 0.5) is 0 Å². The minimum Gasteiger partial charge on any atom is -0.494 e. The number of ether oxygens (including phenoxy) is 2. The number of rotatable bonds is 7. The molecule has 0 aromatic heterocycles. The van der Waals surface area contributed by atoms with E-state index in [4.69, 9.17) is 9.47 Å². The topological polar surface area (TPSA) is 90.0 Å². The highest BCUT2D eigenvalue weighted by Crippen LogP contribution is 2.29. The largest absolute Gasteiger partial charge is 0.494 e. The molecule has 1 atom stereocenters. The maximum absolute atomic E-state index is 12.8. The van der Waals surface area contributed by atoms with Crippen molar-refractivity contribution in [2.24, 2.45) is 0 Å². The molecule has 0 radical (unpaired) electrons. The standard InChI is InChI=1S/C20H27NO6S/c1-2-26-18-9-7-15(8-10-18)20(23)27-13-19(22)21(16-5-3-4-6-16)17-11-12-28(24,25)14-17/h7-10,16-17H,2-6,11-14H2,1H3/t17-/m0/s1. The molecule has 154 valence electrons. The highest BCUT2D eigenvalue weighted by molar-refractivity contribution is 7.91. The van der Waals surface area contributed by atoms with Crippen molar-refractivity contribution in [1.29, 1.82) is 0 Å². The van der Waals surface area contributed by atoms with Gasteiger partial charge in [0.05, 0.1) is 23.7 Å². The van der Waals surface area contributed by atoms with Crippen molar-refractivity contribution < 1.29 is 27.5 Å². The van der Waals surface area contributed by atoms with E-state index in [0.717, 1.165) is 25.7 Å². The van der Waals surface area contributed by atoms with E-state index >= 15 is 0 Å². The molecule has 1 saturated heterocycles. The van der Waals surface area contributed by atoms with Crippen LogP contribution in [-0.4, -0.2) is 62.0 Å². The summed E-state index contributed by atoms with van der Waals surface area (Å²) in [6.45, 7) is 2.03. The van der Waals surface area contributed by atoms with E-state index in [2.05, 4.69) is 0 Å². The Hall–Kier alpha value is -2.09. The average Bonchev–Trinajstić information content (AvgIpc) is 3.31. The van der Waals surface area contributed by atoms with Crippen LogP contribution in [0.15, 0.2) is 24.3 Å². The van der Waals surface area contributed by atoms with Gasteiger partial charge in [0, 0.05) is 12.1 Å². The number of hydrogen-bond donors (Lipinski definition) is 0. The molecule has 1 amide bonds. The van der Waals surface area contributed by atoms with Gasteiger partial charge in [0.2, 0.25) is 0 Å². The van der Waals surface area contributed by atoms with Gasteiger partial charge in [-0.05, 0) is 50.5 Å². The van der Waals surface area contributed by atoms with Crippen LogP contribution < -0.4 is 4.74 Å². The van der Waals surface area contributed by atoms with E-state index in [0.29, 0.717) is 24.3 Å². The first-order valence-corrected chi connectivity index (χ1v) is 11.6. The normalized spacial score (nSPS) is 21.4. The first-order valence-electron chi connectivity index (χ1n) is 9.81. The quantitative estimate of drug-likeness (QED) is 0.642. The zero-order chi connectivity index (χ0) is 20.1. The van der Waals surface area contributed by atoms with Gasteiger partial charge in [-0.25, -0.2) is 13.2 Å². The molecule has 2 aliphatic rings. The molecule has 1 heterocycles. The molecular weight excluding hydrogens is 382 g/mol. The van der Waals surface area contributed by atoms with Gasteiger partial charge in [-0.3, -0.25) is 4.79 Å². The lowest BCUT2D eigenvalue weighted by molar-refractivity contribution is -0.139. The van der Waals surface area contributed by atoms with Gasteiger partial charge >= 0.3 is 5.97 Å². The maximum Gasteiger partial charge on any atom is 0.338 e. The van der Waals surface area contributed by atoms with E-state index in [-0.39, 0.29) is 36.1 Å². The molecule has 2 fully saturated rings. The number of carbonyl (C=O) groups is 2. The molecule has 28 heavy (non-hydrogen) atoms. The number of carbonyl (C=O) groups excluding carboxylic acids is 2. The predicted molar refractivity (Wildman–Crippen MR) is 104 cm³/mol. The second-order valence-electron chi connectivity index (χ2n) is 7.33. The minimum atomic E-state index is -3.10. The zero-order valence-corrected chi connectivity index (χ0v) is 16.9. The molecule has 1 saturated carbocycles. The zero-order valence-electron chi connectivity index (χ0n) is 16.1. The van der Waals surface area contributed by atoms with Crippen molar-refractivity contribution >= 4 is 21.7 Å². The Morgan fingerprint density at radius 2 is 1.75 bits per heavy atom. The third-order valence-corrected chi connectivity index (χ3v) is 7.09. The smallest absolute Gasteiger partial charge is 0.338 e. The Bertz CT molecular complexity index is 798. The fraction of sp³-hybridized carbons (Fsp3) is 0.600. The molecule has 1 aromatic carbocycles. The summed E-state index contributed by atoms with van der Waals surface area (Å²) in [7, 11) is -3.10. The summed E-state index contributed by atoms with van der Waals surface area (Å²) in [6.07, 6.45) is 4.25. The molecule has 8 heteroatoms. The minimum absolute atomic E-state index is 0.00206.